The summed E-state index contributed by atoms with van der Waals surface area (Å²) in [5.74, 6) is -1.17. The van der Waals surface area contributed by atoms with Crippen LogP contribution in [0, 0.1) is 0 Å². The van der Waals surface area contributed by atoms with Gasteiger partial charge in [0.15, 0.2) is 0 Å². The summed E-state index contributed by atoms with van der Waals surface area (Å²) in [6, 6.07) is 1.67. The largest absolute Gasteiger partial charge is 0.477 e. The van der Waals surface area contributed by atoms with Crippen LogP contribution in [-0.4, -0.2) is 15.6 Å². The van der Waals surface area contributed by atoms with Crippen molar-refractivity contribution in [1.82, 2.24) is 4.57 Å². The Labute approximate surface area is 89.4 Å². The molecule has 0 bridgehead atoms. The van der Waals surface area contributed by atoms with E-state index >= 15 is 0 Å². The summed E-state index contributed by atoms with van der Waals surface area (Å²) in [5, 5.41) is 11.2. The van der Waals surface area contributed by atoms with E-state index in [0.29, 0.717) is 11.9 Å². The highest BCUT2D eigenvalue weighted by atomic mass is 32.1. The lowest BCUT2D eigenvalue weighted by atomic mass is 10.2. The summed E-state index contributed by atoms with van der Waals surface area (Å²) < 4.78 is 1.78. The third-order valence-electron chi connectivity index (χ3n) is 2.25. The number of pyridine rings is 1. The number of hydrogen-bond acceptors (Lipinski definition) is 3. The molecule has 0 aliphatic rings. The van der Waals surface area contributed by atoms with Crippen molar-refractivity contribution in [2.75, 3.05) is 0 Å². The number of rotatable bonds is 2. The normalized spacial score (nSPS) is 10.7. The summed E-state index contributed by atoms with van der Waals surface area (Å²) in [6.07, 6.45) is 1.41. The molecule has 0 amide bonds. The molecular formula is C10H9NO3S. The van der Waals surface area contributed by atoms with Gasteiger partial charge in [-0.2, -0.15) is 0 Å². The molecular weight excluding hydrogens is 214 g/mol. The average molecular weight is 223 g/mol. The van der Waals surface area contributed by atoms with Crippen LogP contribution in [0.15, 0.2) is 22.4 Å². The Bertz CT molecular complexity index is 582. The van der Waals surface area contributed by atoms with Gasteiger partial charge >= 0.3 is 5.97 Å². The monoisotopic (exact) mass is 223 g/mol. The number of carbonyl (C=O) groups is 1. The number of aromatic nitrogens is 1. The third-order valence-corrected chi connectivity index (χ3v) is 3.20. The van der Waals surface area contributed by atoms with Crippen molar-refractivity contribution in [3.8, 4) is 0 Å². The van der Waals surface area contributed by atoms with Crippen molar-refractivity contribution < 1.29 is 9.90 Å². The van der Waals surface area contributed by atoms with Crippen LogP contribution < -0.4 is 5.43 Å². The van der Waals surface area contributed by atoms with Gasteiger partial charge in [0.1, 0.15) is 10.4 Å². The fourth-order valence-electron chi connectivity index (χ4n) is 1.50. The summed E-state index contributed by atoms with van der Waals surface area (Å²) in [6.45, 7) is 2.56. The highest BCUT2D eigenvalue weighted by Gasteiger charge is 2.14. The number of carboxylic acids is 1. The second-order valence-electron chi connectivity index (χ2n) is 3.10. The lowest BCUT2D eigenvalue weighted by Gasteiger charge is -2.05. The number of thiophene rings is 1. The topological polar surface area (TPSA) is 59.3 Å². The molecule has 0 aliphatic heterocycles. The molecule has 0 aromatic carbocycles. The Balaban J connectivity index is 2.91. The molecule has 78 valence electrons. The van der Waals surface area contributed by atoms with E-state index in [0.717, 1.165) is 4.83 Å². The fourth-order valence-corrected chi connectivity index (χ4v) is 2.44. The Morgan fingerprint density at radius 3 is 2.93 bits per heavy atom. The van der Waals surface area contributed by atoms with Gasteiger partial charge in [0.2, 0.25) is 5.43 Å². The van der Waals surface area contributed by atoms with E-state index < -0.39 is 11.4 Å². The predicted molar refractivity (Wildman–Crippen MR) is 58.7 cm³/mol. The molecule has 0 fully saturated rings. The van der Waals surface area contributed by atoms with E-state index in [1.54, 1.807) is 16.0 Å². The van der Waals surface area contributed by atoms with Crippen molar-refractivity contribution >= 4 is 27.5 Å². The molecule has 0 aliphatic carbocycles. The number of aryl methyl sites for hydroxylation is 1. The van der Waals surface area contributed by atoms with E-state index in [-0.39, 0.29) is 5.56 Å². The molecule has 0 spiro atoms. The Hall–Kier alpha value is -1.62. The zero-order chi connectivity index (χ0) is 11.0. The smallest absolute Gasteiger partial charge is 0.341 e. The SMILES string of the molecule is CCn1cc(C(=O)O)c(=O)c2ccsc21. The molecule has 4 nitrogen and oxygen atoms in total. The van der Waals surface area contributed by atoms with Crippen LogP contribution in [0.25, 0.3) is 10.2 Å². The van der Waals surface area contributed by atoms with E-state index in [1.807, 2.05) is 6.92 Å². The van der Waals surface area contributed by atoms with Gasteiger partial charge < -0.3 is 9.67 Å². The summed E-state index contributed by atoms with van der Waals surface area (Å²) in [5.41, 5.74) is -0.564. The predicted octanol–water partition coefficient (Wildman–Crippen LogP) is 1.78. The molecule has 0 radical (unpaired) electrons. The third kappa shape index (κ3) is 1.45. The molecule has 15 heavy (non-hydrogen) atoms. The highest BCUT2D eigenvalue weighted by Crippen LogP contribution is 2.18. The summed E-state index contributed by atoms with van der Waals surface area (Å²) >= 11 is 1.44. The van der Waals surface area contributed by atoms with Crippen molar-refractivity contribution in [2.24, 2.45) is 0 Å². The standard InChI is InChI=1S/C10H9NO3S/c1-2-11-5-7(10(13)14)8(12)6-3-4-15-9(6)11/h3-5H,2H2,1H3,(H,13,14). The molecule has 0 atom stereocenters. The maximum Gasteiger partial charge on any atom is 0.341 e. The quantitative estimate of drug-likeness (QED) is 0.844. The first-order valence-corrected chi connectivity index (χ1v) is 5.37. The molecule has 5 heteroatoms. The average Bonchev–Trinajstić information content (AvgIpc) is 2.67. The van der Waals surface area contributed by atoms with Gasteiger partial charge in [-0.05, 0) is 18.4 Å². The van der Waals surface area contributed by atoms with Crippen LogP contribution in [0.3, 0.4) is 0 Å². The molecule has 2 aromatic heterocycles. The molecule has 0 saturated carbocycles. The number of hydrogen-bond donors (Lipinski definition) is 1. The van der Waals surface area contributed by atoms with Gasteiger partial charge in [-0.25, -0.2) is 4.79 Å². The van der Waals surface area contributed by atoms with Crippen molar-refractivity contribution in [3.05, 3.63) is 33.4 Å². The molecule has 0 unspecified atom stereocenters. The van der Waals surface area contributed by atoms with Crippen LogP contribution in [0.2, 0.25) is 0 Å². The number of fused-ring (bicyclic) bond motifs is 1. The first-order valence-electron chi connectivity index (χ1n) is 4.49. The molecule has 2 heterocycles. The fraction of sp³-hybridized carbons (Fsp3) is 0.200. The highest BCUT2D eigenvalue weighted by molar-refractivity contribution is 7.16. The van der Waals surface area contributed by atoms with Crippen LogP contribution in [0.4, 0.5) is 0 Å². The maximum absolute atomic E-state index is 11.7. The Morgan fingerprint density at radius 1 is 1.60 bits per heavy atom. The first kappa shape index (κ1) is 9.92. The minimum Gasteiger partial charge on any atom is -0.477 e. The second kappa shape index (κ2) is 3.51. The van der Waals surface area contributed by atoms with Gasteiger partial charge in [-0.3, -0.25) is 4.79 Å². The van der Waals surface area contributed by atoms with Crippen molar-refractivity contribution in [3.63, 3.8) is 0 Å². The van der Waals surface area contributed by atoms with Gasteiger partial charge in [0, 0.05) is 12.7 Å². The number of nitrogens with zero attached hydrogens (tertiary/aromatic N) is 1. The van der Waals surface area contributed by atoms with Gasteiger partial charge in [-0.1, -0.05) is 0 Å². The lowest BCUT2D eigenvalue weighted by Crippen LogP contribution is -2.17. The van der Waals surface area contributed by atoms with E-state index in [4.69, 9.17) is 5.11 Å². The van der Waals surface area contributed by atoms with Gasteiger partial charge in [-0.15, -0.1) is 11.3 Å². The van der Waals surface area contributed by atoms with Crippen molar-refractivity contribution in [2.45, 2.75) is 13.5 Å². The molecule has 0 saturated heterocycles. The minimum absolute atomic E-state index is 0.164. The van der Waals surface area contributed by atoms with E-state index in [2.05, 4.69) is 0 Å². The molecule has 2 aromatic rings. The van der Waals surface area contributed by atoms with Crippen LogP contribution >= 0.6 is 11.3 Å². The summed E-state index contributed by atoms with van der Waals surface area (Å²) in [4.78, 5) is 23.4. The van der Waals surface area contributed by atoms with Crippen LogP contribution in [0.5, 0.6) is 0 Å². The van der Waals surface area contributed by atoms with Gasteiger partial charge in [0.25, 0.3) is 0 Å². The number of carboxylic acid groups (broad SMARTS) is 1. The van der Waals surface area contributed by atoms with Crippen molar-refractivity contribution in [1.29, 1.82) is 0 Å². The Morgan fingerprint density at radius 2 is 2.33 bits per heavy atom. The van der Waals surface area contributed by atoms with Crippen LogP contribution in [-0.2, 0) is 6.54 Å². The van der Waals surface area contributed by atoms with E-state index in [1.165, 1.54) is 17.5 Å². The molecule has 2 rings (SSSR count). The maximum atomic E-state index is 11.7. The lowest BCUT2D eigenvalue weighted by molar-refractivity contribution is 0.0695. The van der Waals surface area contributed by atoms with Crippen LogP contribution in [0.1, 0.15) is 17.3 Å². The first-order chi connectivity index (χ1) is 7.15. The summed E-state index contributed by atoms with van der Waals surface area (Å²) in [7, 11) is 0. The zero-order valence-electron chi connectivity index (χ0n) is 8.06. The second-order valence-corrected chi connectivity index (χ2v) is 4.00. The minimum atomic E-state index is -1.17. The van der Waals surface area contributed by atoms with E-state index in [9.17, 15) is 9.59 Å². The molecule has 1 N–H and O–H groups in total. The Kier molecular flexibility index (Phi) is 2.32. The zero-order valence-corrected chi connectivity index (χ0v) is 8.87. The number of aromatic carboxylic acids is 1. The van der Waals surface area contributed by atoms with Gasteiger partial charge in [0.05, 0.1) is 5.39 Å².